The average molecular weight is 290 g/mol. The fraction of sp³-hybridized carbons (Fsp3) is 0.118. The van der Waals surface area contributed by atoms with Crippen molar-refractivity contribution >= 4 is 11.0 Å². The van der Waals surface area contributed by atoms with Crippen LogP contribution in [0.2, 0.25) is 0 Å². The summed E-state index contributed by atoms with van der Waals surface area (Å²) in [6.07, 6.45) is 2.09. The van der Waals surface area contributed by atoms with Crippen LogP contribution in [0, 0.1) is 13.8 Å². The van der Waals surface area contributed by atoms with E-state index in [1.165, 1.54) is 5.56 Å². The van der Waals surface area contributed by atoms with Gasteiger partial charge in [0.1, 0.15) is 11.3 Å². The molecule has 0 aliphatic heterocycles. The number of fused-ring (bicyclic) bond motifs is 1. The Kier molecular flexibility index (Phi) is 2.79. The first-order valence-corrected chi connectivity index (χ1v) is 7.07. The van der Waals surface area contributed by atoms with Crippen molar-refractivity contribution in [2.75, 3.05) is 0 Å². The van der Waals surface area contributed by atoms with E-state index in [2.05, 4.69) is 40.0 Å². The van der Waals surface area contributed by atoms with Crippen LogP contribution >= 0.6 is 0 Å². The number of pyridine rings is 1. The zero-order valence-corrected chi connectivity index (χ0v) is 12.3. The topological polar surface area (TPSA) is 56.7 Å². The third kappa shape index (κ3) is 1.98. The van der Waals surface area contributed by atoms with E-state index in [-0.39, 0.29) is 0 Å². The van der Waals surface area contributed by atoms with E-state index in [4.69, 9.17) is 9.51 Å². The van der Waals surface area contributed by atoms with Crippen LogP contribution in [0.1, 0.15) is 11.4 Å². The largest absolute Gasteiger partial charge is 0.332 e. The molecule has 0 saturated carbocycles. The zero-order valence-electron chi connectivity index (χ0n) is 12.3. The van der Waals surface area contributed by atoms with Crippen LogP contribution < -0.4 is 0 Å². The van der Waals surface area contributed by atoms with E-state index < -0.39 is 0 Å². The number of hydrogen-bond donors (Lipinski definition) is 0. The van der Waals surface area contributed by atoms with Crippen LogP contribution in [0.25, 0.3) is 28.3 Å². The molecule has 4 rings (SSSR count). The number of rotatable bonds is 2. The molecule has 5 heteroatoms. The van der Waals surface area contributed by atoms with Gasteiger partial charge in [-0.2, -0.15) is 4.98 Å². The molecule has 3 aromatic heterocycles. The normalized spacial score (nSPS) is 11.2. The van der Waals surface area contributed by atoms with E-state index in [0.717, 1.165) is 16.7 Å². The fourth-order valence-corrected chi connectivity index (χ4v) is 2.57. The minimum atomic E-state index is 0.442. The van der Waals surface area contributed by atoms with Gasteiger partial charge >= 0.3 is 0 Å². The summed E-state index contributed by atoms with van der Waals surface area (Å²) in [5, 5.41) is 4.94. The van der Waals surface area contributed by atoms with Crippen molar-refractivity contribution in [3.05, 3.63) is 60.0 Å². The molecule has 0 unspecified atom stereocenters. The van der Waals surface area contributed by atoms with Crippen molar-refractivity contribution < 1.29 is 4.52 Å². The van der Waals surface area contributed by atoms with Gasteiger partial charge in [-0.25, -0.2) is 4.98 Å². The molecule has 0 N–H and O–H groups in total. The molecular formula is C17H14N4O. The summed E-state index contributed by atoms with van der Waals surface area (Å²) in [6.45, 7) is 3.88. The lowest BCUT2D eigenvalue weighted by atomic mass is 10.2. The Labute approximate surface area is 127 Å². The second kappa shape index (κ2) is 4.80. The van der Waals surface area contributed by atoms with Gasteiger partial charge in [-0.15, -0.1) is 0 Å². The van der Waals surface area contributed by atoms with Crippen molar-refractivity contribution in [3.63, 3.8) is 0 Å². The van der Waals surface area contributed by atoms with E-state index in [9.17, 15) is 0 Å². The van der Waals surface area contributed by atoms with Gasteiger partial charge in [0.2, 0.25) is 0 Å². The highest BCUT2D eigenvalue weighted by Crippen LogP contribution is 2.26. The quantitative estimate of drug-likeness (QED) is 0.565. The van der Waals surface area contributed by atoms with Crippen LogP contribution in [0.15, 0.2) is 53.2 Å². The smallest absolute Gasteiger partial charge is 0.276 e. The molecule has 0 aliphatic rings. The molecule has 0 atom stereocenters. The molecular weight excluding hydrogens is 276 g/mol. The minimum absolute atomic E-state index is 0.442. The Morgan fingerprint density at radius 3 is 2.50 bits per heavy atom. The van der Waals surface area contributed by atoms with E-state index in [1.54, 1.807) is 6.92 Å². The van der Waals surface area contributed by atoms with Crippen molar-refractivity contribution in [2.45, 2.75) is 13.8 Å². The predicted octanol–water partition coefficient (Wildman–Crippen LogP) is 3.69. The van der Waals surface area contributed by atoms with Gasteiger partial charge < -0.3 is 9.09 Å². The maximum absolute atomic E-state index is 5.22. The molecule has 0 fully saturated rings. The Morgan fingerprint density at radius 2 is 1.77 bits per heavy atom. The molecule has 108 valence electrons. The van der Waals surface area contributed by atoms with Crippen LogP contribution in [-0.4, -0.2) is 19.7 Å². The van der Waals surface area contributed by atoms with E-state index in [0.29, 0.717) is 17.4 Å². The lowest BCUT2D eigenvalue weighted by Gasteiger charge is -2.04. The minimum Gasteiger partial charge on any atom is -0.332 e. The van der Waals surface area contributed by atoms with E-state index in [1.807, 2.05) is 30.3 Å². The van der Waals surface area contributed by atoms with Crippen LogP contribution in [-0.2, 0) is 0 Å². The maximum Gasteiger partial charge on any atom is 0.276 e. The van der Waals surface area contributed by atoms with Crippen molar-refractivity contribution in [2.24, 2.45) is 0 Å². The van der Waals surface area contributed by atoms with Gasteiger partial charge in [-0.1, -0.05) is 23.4 Å². The first kappa shape index (κ1) is 12.8. The highest BCUT2D eigenvalue weighted by Gasteiger charge is 2.13. The highest BCUT2D eigenvalue weighted by molar-refractivity contribution is 5.83. The first-order valence-electron chi connectivity index (χ1n) is 7.07. The Morgan fingerprint density at radius 1 is 0.955 bits per heavy atom. The first-order chi connectivity index (χ1) is 10.7. The molecule has 0 spiro atoms. The van der Waals surface area contributed by atoms with Gasteiger partial charge in [0, 0.05) is 17.3 Å². The lowest BCUT2D eigenvalue weighted by molar-refractivity contribution is 0.424. The van der Waals surface area contributed by atoms with Gasteiger partial charge in [0.25, 0.3) is 5.89 Å². The predicted molar refractivity (Wildman–Crippen MR) is 83.8 cm³/mol. The Bertz CT molecular complexity index is 953. The number of benzene rings is 1. The summed E-state index contributed by atoms with van der Waals surface area (Å²) in [4.78, 5) is 8.97. The second-order valence-electron chi connectivity index (χ2n) is 5.23. The van der Waals surface area contributed by atoms with Gasteiger partial charge in [0.15, 0.2) is 5.82 Å². The number of hydrogen-bond acceptors (Lipinski definition) is 4. The molecule has 4 aromatic rings. The number of aryl methyl sites for hydroxylation is 2. The average Bonchev–Trinajstić information content (AvgIpc) is 3.12. The van der Waals surface area contributed by atoms with Gasteiger partial charge in [-0.05, 0) is 43.7 Å². The molecule has 0 saturated heterocycles. The third-order valence-electron chi connectivity index (χ3n) is 3.63. The van der Waals surface area contributed by atoms with Crippen molar-refractivity contribution in [1.82, 2.24) is 19.7 Å². The summed E-state index contributed by atoms with van der Waals surface area (Å²) in [5.41, 5.74) is 3.83. The van der Waals surface area contributed by atoms with Gasteiger partial charge in [0.05, 0.1) is 0 Å². The maximum atomic E-state index is 5.22. The second-order valence-corrected chi connectivity index (χ2v) is 5.23. The SMILES string of the molecule is Cc1noc(-c2ccc3c(C)cn(-c4ccccc4)c3n2)n1. The van der Waals surface area contributed by atoms with Crippen molar-refractivity contribution in [1.29, 1.82) is 0 Å². The lowest BCUT2D eigenvalue weighted by Crippen LogP contribution is -1.94. The summed E-state index contributed by atoms with van der Waals surface area (Å²) in [7, 11) is 0. The van der Waals surface area contributed by atoms with Crippen molar-refractivity contribution in [3.8, 4) is 17.3 Å². The van der Waals surface area contributed by atoms with Crippen LogP contribution in [0.3, 0.4) is 0 Å². The summed E-state index contributed by atoms with van der Waals surface area (Å²) in [5.74, 6) is 1.05. The monoisotopic (exact) mass is 290 g/mol. The molecule has 5 nitrogen and oxygen atoms in total. The highest BCUT2D eigenvalue weighted by atomic mass is 16.5. The van der Waals surface area contributed by atoms with Crippen LogP contribution in [0.5, 0.6) is 0 Å². The molecule has 0 amide bonds. The van der Waals surface area contributed by atoms with E-state index >= 15 is 0 Å². The molecule has 22 heavy (non-hydrogen) atoms. The molecule has 3 heterocycles. The summed E-state index contributed by atoms with van der Waals surface area (Å²) < 4.78 is 7.30. The third-order valence-corrected chi connectivity index (χ3v) is 3.63. The molecule has 1 aromatic carbocycles. The standard InChI is InChI=1S/C17H14N4O/c1-11-10-21(13-6-4-3-5-7-13)16-14(11)8-9-15(19-16)17-18-12(2)20-22-17/h3-10H,1-2H3. The number of nitrogens with zero attached hydrogens (tertiary/aromatic N) is 4. The summed E-state index contributed by atoms with van der Waals surface area (Å²) >= 11 is 0. The Balaban J connectivity index is 1.95. The number of aromatic nitrogens is 4. The summed E-state index contributed by atoms with van der Waals surface area (Å²) in [6, 6.07) is 14.1. The van der Waals surface area contributed by atoms with Crippen LogP contribution in [0.4, 0.5) is 0 Å². The number of para-hydroxylation sites is 1. The van der Waals surface area contributed by atoms with Gasteiger partial charge in [-0.3, -0.25) is 0 Å². The zero-order chi connectivity index (χ0) is 15.1. The Hall–Kier alpha value is -2.95. The molecule has 0 radical (unpaired) electrons. The molecule has 0 bridgehead atoms. The molecule has 0 aliphatic carbocycles. The fourth-order valence-electron chi connectivity index (χ4n) is 2.57.